The molecule has 8 nitrogen and oxygen atoms in total. The molecule has 1 heterocycles. The molecule has 0 aliphatic carbocycles. The van der Waals surface area contributed by atoms with Crippen LogP contribution in [0.25, 0.3) is 10.8 Å². The van der Waals surface area contributed by atoms with Gasteiger partial charge < -0.3 is 40.2 Å². The summed E-state index contributed by atoms with van der Waals surface area (Å²) in [6.45, 7) is 3.98. The van der Waals surface area contributed by atoms with Gasteiger partial charge >= 0.3 is 0 Å². The third-order valence-electron chi connectivity index (χ3n) is 12.0. The van der Waals surface area contributed by atoms with E-state index in [-0.39, 0.29) is 74.8 Å². The van der Waals surface area contributed by atoms with Crippen molar-refractivity contribution in [1.82, 2.24) is 21.3 Å². The van der Waals surface area contributed by atoms with Crippen molar-refractivity contribution in [2.75, 3.05) is 54.2 Å². The van der Waals surface area contributed by atoms with Crippen LogP contribution in [0.15, 0.2) is 224 Å². The summed E-state index contributed by atoms with van der Waals surface area (Å²) in [6, 6.07) is 57.0. The Bertz CT molecular complexity index is 3560. The molecule has 9 aromatic rings. The molecule has 0 aliphatic heterocycles. The molecule has 0 fully saturated rings. The van der Waals surface area contributed by atoms with Crippen molar-refractivity contribution in [2.24, 2.45) is 0 Å². The van der Waals surface area contributed by atoms with E-state index in [0.717, 1.165) is 56.8 Å². The van der Waals surface area contributed by atoms with E-state index in [1.165, 1.54) is 22.5 Å². The van der Waals surface area contributed by atoms with Crippen LogP contribution < -0.4 is 40.2 Å². The summed E-state index contributed by atoms with van der Waals surface area (Å²) in [5, 5.41) is 15.2. The zero-order valence-corrected chi connectivity index (χ0v) is 47.9. The van der Waals surface area contributed by atoms with Crippen molar-refractivity contribution in [3.63, 3.8) is 0 Å². The number of nitrogens with one attached hydrogen (secondary N) is 4. The number of rotatable bonds is 24. The zero-order chi connectivity index (χ0) is 65.4. The van der Waals surface area contributed by atoms with Gasteiger partial charge in [0.05, 0.1) is 9.60 Å². The summed E-state index contributed by atoms with van der Waals surface area (Å²) < 4.78 is 118. The molecular weight excluding hydrogens is 1010 g/mol. The fraction of sp³-hybridized carbons (Fsp3) is 0.275. The van der Waals surface area contributed by atoms with Gasteiger partial charge in [-0.05, 0) is 151 Å². The van der Waals surface area contributed by atoms with Gasteiger partial charge in [-0.15, -0.1) is 11.3 Å². The molecule has 416 valence electrons. The molecule has 1 aromatic heterocycles. The van der Waals surface area contributed by atoms with Crippen LogP contribution in [-0.4, -0.2) is 54.2 Å². The van der Waals surface area contributed by atoms with E-state index < -0.39 is 31.7 Å². The van der Waals surface area contributed by atoms with Crippen LogP contribution in [0.4, 0.5) is 0 Å². The van der Waals surface area contributed by atoms with Gasteiger partial charge in [-0.1, -0.05) is 186 Å². The van der Waals surface area contributed by atoms with Crippen LogP contribution in [0.2, 0.25) is 0 Å². The number of hydrogen-bond acceptors (Lipinski definition) is 9. The lowest BCUT2D eigenvalue weighted by Crippen LogP contribution is -2.16. The Hall–Kier alpha value is -6.89. The molecule has 0 spiro atoms. The maximum absolute atomic E-state index is 8.86. The van der Waals surface area contributed by atoms with Gasteiger partial charge in [0.1, 0.15) is 47.4 Å². The topological polar surface area (TPSA) is 85.0 Å². The molecule has 10 heteroatoms. The highest BCUT2D eigenvalue weighted by molar-refractivity contribution is 7.59. The van der Waals surface area contributed by atoms with Gasteiger partial charge in [-0.3, -0.25) is 0 Å². The molecule has 9 rings (SSSR count). The van der Waals surface area contributed by atoms with Crippen molar-refractivity contribution in [1.29, 1.82) is 0 Å². The molecule has 8 aromatic carbocycles. The summed E-state index contributed by atoms with van der Waals surface area (Å²) in [5.74, 6) is 2.84. The maximum atomic E-state index is 8.86. The number of aryl methyl sites for hydroxylation is 3. The second kappa shape index (κ2) is 36.3. The Balaban J connectivity index is 0.000000220. The van der Waals surface area contributed by atoms with Crippen molar-refractivity contribution in [2.45, 2.75) is 70.8 Å². The second-order valence-corrected chi connectivity index (χ2v) is 19.1. The standard InChI is InChI=1S/C18H19NOS.3C17H21NO.H2S/c1-19-12-11-17(18-10-5-13-21-18)20-16-9-4-7-14-6-2-3-8-15(14)16;3*1-14-8-10-16(11-9-14)19-17(12-13-18-2)15-6-4-3-5-7-15;/h2-10,13,17,19H,11-12H2,1H3;3*3-11,17-18H,12-13H2,1-2H3;1H2/t17-;;;;/m0..../s1/i1D3,17D;3D,4D,5D,6D,7D;13D2;4D;. The number of fused-ring (bicyclic) bond motifs is 1. The van der Waals surface area contributed by atoms with Crippen molar-refractivity contribution >= 4 is 35.6 Å². The van der Waals surface area contributed by atoms with Crippen molar-refractivity contribution in [3.05, 3.63) is 262 Å². The highest BCUT2D eigenvalue weighted by atomic mass is 32.1. The van der Waals surface area contributed by atoms with Crippen molar-refractivity contribution < 1.29 is 35.4 Å². The van der Waals surface area contributed by atoms with Crippen molar-refractivity contribution in [3.8, 4) is 23.0 Å². The summed E-state index contributed by atoms with van der Waals surface area (Å²) in [4.78, 5) is 0.743. The van der Waals surface area contributed by atoms with Gasteiger partial charge in [0, 0.05) is 42.8 Å². The summed E-state index contributed by atoms with van der Waals surface area (Å²) in [7, 11) is 5.35. The van der Waals surface area contributed by atoms with E-state index in [9.17, 15) is 0 Å². The summed E-state index contributed by atoms with van der Waals surface area (Å²) in [6.07, 6.45) is -0.542. The molecule has 0 saturated carbocycles. The smallest absolute Gasteiger partial charge is 0.134 e. The summed E-state index contributed by atoms with van der Waals surface area (Å²) >= 11 is 1.43. The van der Waals surface area contributed by atoms with Crippen LogP contribution in [-0.2, 0) is 0 Å². The van der Waals surface area contributed by atoms with Crippen LogP contribution in [0.1, 0.15) is 105 Å². The summed E-state index contributed by atoms with van der Waals surface area (Å²) in [5.41, 5.74) is 5.70. The van der Waals surface area contributed by atoms with Crippen LogP contribution in [0, 0.1) is 20.8 Å². The fourth-order valence-corrected chi connectivity index (χ4v) is 8.56. The molecular formula is C69H84N4O4S2. The lowest BCUT2D eigenvalue weighted by atomic mass is 10.1. The minimum Gasteiger partial charge on any atom is -0.486 e. The molecule has 79 heavy (non-hydrogen) atoms. The van der Waals surface area contributed by atoms with E-state index in [4.69, 9.17) is 35.4 Å². The fourth-order valence-electron chi connectivity index (χ4n) is 7.82. The number of hydrogen-bond donors (Lipinski definition) is 4. The lowest BCUT2D eigenvalue weighted by molar-refractivity contribution is 0.195. The molecule has 0 saturated heterocycles. The molecule has 0 amide bonds. The van der Waals surface area contributed by atoms with Gasteiger partial charge in [0.25, 0.3) is 0 Å². The number of ether oxygens (including phenoxy) is 4. The van der Waals surface area contributed by atoms with Crippen LogP contribution in [0.5, 0.6) is 23.0 Å². The first-order valence-corrected chi connectivity index (χ1v) is 27.1. The quantitative estimate of drug-likeness (QED) is 0.0476. The predicted molar refractivity (Wildman–Crippen MR) is 339 cm³/mol. The predicted octanol–water partition coefficient (Wildman–Crippen LogP) is 15.9. The van der Waals surface area contributed by atoms with E-state index >= 15 is 0 Å². The third kappa shape index (κ3) is 22.4. The minimum absolute atomic E-state index is 0. The number of thiophene rings is 1. The monoisotopic (exact) mass is 1110 g/mol. The second-order valence-electron chi connectivity index (χ2n) is 18.1. The number of benzene rings is 8. The minimum atomic E-state index is -2.23. The average Bonchev–Trinajstić information content (AvgIpc) is 1.28. The first-order valence-electron chi connectivity index (χ1n) is 32.2. The largest absolute Gasteiger partial charge is 0.486 e. The molecule has 4 N–H and O–H groups in total. The van der Waals surface area contributed by atoms with E-state index in [1.54, 1.807) is 20.2 Å². The highest BCUT2D eigenvalue weighted by Crippen LogP contribution is 2.33. The Kier molecular flexibility index (Phi) is 21.6. The van der Waals surface area contributed by atoms with Crippen LogP contribution in [0.3, 0.4) is 0 Å². The zero-order valence-electron chi connectivity index (χ0n) is 58.1. The molecule has 3 unspecified atom stereocenters. The van der Waals surface area contributed by atoms with Gasteiger partial charge in [-0.25, -0.2) is 0 Å². The maximum Gasteiger partial charge on any atom is 0.134 e. The van der Waals surface area contributed by atoms with Gasteiger partial charge in [0.15, 0.2) is 0 Å². The lowest BCUT2D eigenvalue weighted by Gasteiger charge is -2.19. The first kappa shape index (κ1) is 47.0. The molecule has 0 radical (unpaired) electrons. The van der Waals surface area contributed by atoms with E-state index in [0.29, 0.717) is 30.5 Å². The van der Waals surface area contributed by atoms with Crippen LogP contribution >= 0.6 is 24.8 Å². The molecule has 0 bridgehead atoms. The Morgan fingerprint density at radius 1 is 0.468 bits per heavy atom. The van der Waals surface area contributed by atoms with Gasteiger partial charge in [-0.2, -0.15) is 13.5 Å². The normalized spacial score (nSPS) is 15.0. The highest BCUT2D eigenvalue weighted by Gasteiger charge is 2.17. The SMILES string of the molecule is S.[2H]C([2H])(CC(Oc1ccc(C)cc1)c1ccccc1)NC.[2H]C([2H])([2H])NCC[C@]([2H])(Oc1cccc2ccccc12)c1cccs1.[2H]c1c([2H])c([2H])c(C(CCNC)Oc2ccc(C)cc2)c([2H])c1[2H].[2H]c1cccc(C(CCNC)Oc2ccc(C)cc2)c1. The molecule has 0 aliphatic rings. The third-order valence-corrected chi connectivity index (χ3v) is 13.0. The van der Waals surface area contributed by atoms with E-state index in [1.807, 2.05) is 202 Å². The first-order chi connectivity index (χ1) is 42.9. The van der Waals surface area contributed by atoms with E-state index in [2.05, 4.69) is 28.2 Å². The Labute approximate surface area is 500 Å². The Morgan fingerprint density at radius 3 is 1.51 bits per heavy atom. The Morgan fingerprint density at radius 2 is 0.975 bits per heavy atom. The molecule has 4 atom stereocenters. The van der Waals surface area contributed by atoms with Gasteiger partial charge in [0.2, 0.25) is 0 Å². The average molecular weight is 1110 g/mol.